The number of nitrogens with one attached hydrogen (secondary N) is 1. The predicted molar refractivity (Wildman–Crippen MR) is 93.7 cm³/mol. The first-order chi connectivity index (χ1) is 10.4. The van der Waals surface area contributed by atoms with Crippen LogP contribution in [0.15, 0.2) is 18.2 Å². The first-order valence-corrected chi connectivity index (χ1v) is 8.22. The van der Waals surface area contributed by atoms with E-state index in [0.717, 1.165) is 17.7 Å². The fourth-order valence-electron chi connectivity index (χ4n) is 3.47. The first-order valence-electron chi connectivity index (χ1n) is 8.22. The molecule has 2 rings (SSSR count). The molecule has 0 radical (unpaired) electrons. The summed E-state index contributed by atoms with van der Waals surface area (Å²) in [5.74, 6) is 0.586. The minimum atomic E-state index is -0.00393. The monoisotopic (exact) mass is 303 g/mol. The van der Waals surface area contributed by atoms with Crippen molar-refractivity contribution in [3.8, 4) is 0 Å². The van der Waals surface area contributed by atoms with Crippen LogP contribution in [-0.4, -0.2) is 38.1 Å². The number of anilines is 2. The van der Waals surface area contributed by atoms with Crippen LogP contribution in [0.25, 0.3) is 0 Å². The molecule has 0 saturated heterocycles. The van der Waals surface area contributed by atoms with E-state index in [2.05, 4.69) is 24.1 Å². The molecule has 4 nitrogen and oxygen atoms in total. The van der Waals surface area contributed by atoms with Gasteiger partial charge in [-0.2, -0.15) is 0 Å². The fourth-order valence-corrected chi connectivity index (χ4v) is 3.47. The third-order valence-electron chi connectivity index (χ3n) is 4.81. The molecule has 1 aromatic rings. The lowest BCUT2D eigenvalue weighted by Crippen LogP contribution is -2.44. The topological polar surface area (TPSA) is 35.6 Å². The van der Waals surface area contributed by atoms with Crippen LogP contribution in [0.3, 0.4) is 0 Å². The first kappa shape index (κ1) is 16.7. The van der Waals surface area contributed by atoms with E-state index in [1.807, 2.05) is 44.2 Å². The van der Waals surface area contributed by atoms with Crippen LogP contribution >= 0.6 is 0 Å². The SMILES string of the molecule is Cc1cc(NC(=O)N(C)[C@H]2CCCC[C@H]2C)ccc1N(C)C. The highest BCUT2D eigenvalue weighted by molar-refractivity contribution is 5.89. The van der Waals surface area contributed by atoms with E-state index in [9.17, 15) is 4.79 Å². The Morgan fingerprint density at radius 2 is 1.86 bits per heavy atom. The summed E-state index contributed by atoms with van der Waals surface area (Å²) in [5.41, 5.74) is 3.20. The lowest BCUT2D eigenvalue weighted by molar-refractivity contribution is 0.155. The Morgan fingerprint density at radius 1 is 1.18 bits per heavy atom. The summed E-state index contributed by atoms with van der Waals surface area (Å²) in [6.45, 7) is 4.32. The van der Waals surface area contributed by atoms with Gasteiger partial charge in [-0.05, 0) is 49.4 Å². The number of hydrogen-bond acceptors (Lipinski definition) is 2. The minimum Gasteiger partial charge on any atom is -0.377 e. The van der Waals surface area contributed by atoms with E-state index >= 15 is 0 Å². The van der Waals surface area contributed by atoms with Crippen LogP contribution in [-0.2, 0) is 0 Å². The summed E-state index contributed by atoms with van der Waals surface area (Å²) >= 11 is 0. The molecular weight excluding hydrogens is 274 g/mol. The van der Waals surface area contributed by atoms with E-state index < -0.39 is 0 Å². The second-order valence-electron chi connectivity index (χ2n) is 6.77. The Balaban J connectivity index is 2.03. The average molecular weight is 303 g/mol. The van der Waals surface area contributed by atoms with E-state index in [-0.39, 0.29) is 6.03 Å². The highest BCUT2D eigenvalue weighted by atomic mass is 16.2. The zero-order chi connectivity index (χ0) is 16.3. The summed E-state index contributed by atoms with van der Waals surface area (Å²) in [7, 11) is 5.97. The van der Waals surface area contributed by atoms with Gasteiger partial charge >= 0.3 is 6.03 Å². The smallest absolute Gasteiger partial charge is 0.321 e. The van der Waals surface area contributed by atoms with Crippen LogP contribution < -0.4 is 10.2 Å². The van der Waals surface area contributed by atoms with Gasteiger partial charge in [0.25, 0.3) is 0 Å². The highest BCUT2D eigenvalue weighted by Gasteiger charge is 2.27. The summed E-state index contributed by atoms with van der Waals surface area (Å²) in [4.78, 5) is 16.5. The maximum atomic E-state index is 12.5. The van der Waals surface area contributed by atoms with Crippen molar-refractivity contribution in [2.24, 2.45) is 5.92 Å². The number of nitrogens with zero attached hydrogens (tertiary/aromatic N) is 2. The molecule has 1 aliphatic rings. The van der Waals surface area contributed by atoms with Crippen LogP contribution in [0, 0.1) is 12.8 Å². The third kappa shape index (κ3) is 3.73. The fraction of sp³-hybridized carbons (Fsp3) is 0.611. The Hall–Kier alpha value is -1.71. The number of hydrogen-bond donors (Lipinski definition) is 1. The second kappa shape index (κ2) is 7.03. The summed E-state index contributed by atoms with van der Waals surface area (Å²) in [5, 5.41) is 3.03. The number of aryl methyl sites for hydroxylation is 1. The van der Waals surface area contributed by atoms with Crippen molar-refractivity contribution in [1.82, 2.24) is 4.90 Å². The molecule has 1 aromatic carbocycles. The van der Waals surface area contributed by atoms with Crippen molar-refractivity contribution in [1.29, 1.82) is 0 Å². The van der Waals surface area contributed by atoms with Crippen LogP contribution in [0.5, 0.6) is 0 Å². The molecule has 0 aliphatic heterocycles. The Morgan fingerprint density at radius 3 is 2.45 bits per heavy atom. The average Bonchev–Trinajstić information content (AvgIpc) is 2.46. The van der Waals surface area contributed by atoms with Crippen molar-refractivity contribution < 1.29 is 4.79 Å². The Bertz CT molecular complexity index is 527. The quantitative estimate of drug-likeness (QED) is 0.912. The lowest BCUT2D eigenvalue weighted by Gasteiger charge is -2.36. The van der Waals surface area contributed by atoms with Gasteiger partial charge < -0.3 is 15.1 Å². The summed E-state index contributed by atoms with van der Waals surface area (Å²) in [6, 6.07) is 6.41. The molecule has 0 bridgehead atoms. The van der Waals surface area contributed by atoms with Gasteiger partial charge in [0.15, 0.2) is 0 Å². The number of carbonyl (C=O) groups is 1. The molecule has 2 atom stereocenters. The van der Waals surface area contributed by atoms with Gasteiger partial charge in [0.2, 0.25) is 0 Å². The molecule has 0 heterocycles. The van der Waals surface area contributed by atoms with Gasteiger partial charge in [-0.3, -0.25) is 0 Å². The lowest BCUT2D eigenvalue weighted by atomic mass is 9.85. The summed E-state index contributed by atoms with van der Waals surface area (Å²) in [6.07, 6.45) is 4.85. The van der Waals surface area contributed by atoms with Crippen molar-refractivity contribution in [3.05, 3.63) is 23.8 Å². The molecule has 0 aromatic heterocycles. The van der Waals surface area contributed by atoms with Gasteiger partial charge in [-0.1, -0.05) is 19.8 Å². The third-order valence-corrected chi connectivity index (χ3v) is 4.81. The van der Waals surface area contributed by atoms with Crippen molar-refractivity contribution in [3.63, 3.8) is 0 Å². The van der Waals surface area contributed by atoms with Crippen molar-refractivity contribution in [2.75, 3.05) is 31.4 Å². The molecule has 1 saturated carbocycles. The van der Waals surface area contributed by atoms with Gasteiger partial charge in [-0.25, -0.2) is 4.79 Å². The molecule has 1 aliphatic carbocycles. The van der Waals surface area contributed by atoms with Crippen molar-refractivity contribution >= 4 is 17.4 Å². The largest absolute Gasteiger partial charge is 0.377 e. The zero-order valence-electron chi connectivity index (χ0n) is 14.5. The minimum absolute atomic E-state index is 0.00393. The molecule has 22 heavy (non-hydrogen) atoms. The second-order valence-corrected chi connectivity index (χ2v) is 6.77. The van der Waals surface area contributed by atoms with Gasteiger partial charge in [0.05, 0.1) is 0 Å². The van der Waals surface area contributed by atoms with Crippen LogP contribution in [0.4, 0.5) is 16.2 Å². The molecule has 2 amide bonds. The van der Waals surface area contributed by atoms with E-state index in [1.54, 1.807) is 0 Å². The number of amides is 2. The van der Waals surface area contributed by atoms with Crippen LogP contribution in [0.2, 0.25) is 0 Å². The maximum Gasteiger partial charge on any atom is 0.321 e. The Kier molecular flexibility index (Phi) is 5.33. The molecule has 1 fully saturated rings. The molecule has 1 N–H and O–H groups in total. The normalized spacial score (nSPS) is 21.3. The van der Waals surface area contributed by atoms with Gasteiger partial charge in [0, 0.05) is 38.6 Å². The molecular formula is C18H29N3O. The maximum absolute atomic E-state index is 12.5. The standard InChI is InChI=1S/C18H29N3O/c1-13-8-6-7-9-17(13)21(5)18(22)19-15-10-11-16(20(3)4)14(2)12-15/h10-13,17H,6-9H2,1-5H3,(H,19,22)/t13-,17+/m1/s1. The highest BCUT2D eigenvalue weighted by Crippen LogP contribution is 2.28. The van der Waals surface area contributed by atoms with Crippen LogP contribution in [0.1, 0.15) is 38.2 Å². The predicted octanol–water partition coefficient (Wildman–Crippen LogP) is 4.10. The number of urea groups is 1. The van der Waals surface area contributed by atoms with Gasteiger partial charge in [0.1, 0.15) is 0 Å². The number of rotatable bonds is 3. The van der Waals surface area contributed by atoms with Crippen molar-refractivity contribution in [2.45, 2.75) is 45.6 Å². The van der Waals surface area contributed by atoms with E-state index in [1.165, 1.54) is 24.9 Å². The zero-order valence-corrected chi connectivity index (χ0v) is 14.5. The molecule has 0 unspecified atom stereocenters. The van der Waals surface area contributed by atoms with E-state index in [4.69, 9.17) is 0 Å². The van der Waals surface area contributed by atoms with Gasteiger partial charge in [-0.15, -0.1) is 0 Å². The number of carbonyl (C=O) groups excluding carboxylic acids is 1. The molecule has 0 spiro atoms. The molecule has 4 heteroatoms. The van der Waals surface area contributed by atoms with E-state index in [0.29, 0.717) is 12.0 Å². The Labute approximate surface area is 134 Å². The molecule has 122 valence electrons. The summed E-state index contributed by atoms with van der Waals surface area (Å²) < 4.78 is 0. The number of benzene rings is 1.